The minimum Gasteiger partial charge on any atom is -0.328 e. The van der Waals surface area contributed by atoms with Gasteiger partial charge in [-0.1, -0.05) is 6.07 Å². The van der Waals surface area contributed by atoms with E-state index in [1.165, 1.54) is 0 Å². The Morgan fingerprint density at radius 2 is 2.08 bits per heavy atom. The highest BCUT2D eigenvalue weighted by Crippen LogP contribution is 2.33. The number of carbonyl (C=O) groups excluding carboxylic acids is 3. The van der Waals surface area contributed by atoms with E-state index in [2.05, 4.69) is 26.2 Å². The molecule has 1 fully saturated rings. The molecule has 1 aromatic heterocycles. The molecule has 2 aliphatic heterocycles. The third-order valence-electron chi connectivity index (χ3n) is 4.66. The molecule has 1 aromatic carbocycles. The van der Waals surface area contributed by atoms with Crippen LogP contribution in [0.3, 0.4) is 0 Å². The zero-order chi connectivity index (χ0) is 17.7. The second kappa shape index (κ2) is 5.80. The van der Waals surface area contributed by atoms with E-state index in [9.17, 15) is 14.4 Å². The molecule has 0 spiro atoms. The molecule has 1 N–H and O–H groups in total. The minimum absolute atomic E-state index is 0.170. The number of amides is 3. The van der Waals surface area contributed by atoms with Crippen molar-refractivity contribution in [1.29, 1.82) is 0 Å². The Balaban J connectivity index is 1.64. The molecule has 3 amide bonds. The van der Waals surface area contributed by atoms with Gasteiger partial charge in [0.05, 0.1) is 6.33 Å². The van der Waals surface area contributed by atoms with E-state index in [-0.39, 0.29) is 18.2 Å². The molecule has 2 aliphatic rings. The molecule has 128 valence electrons. The van der Waals surface area contributed by atoms with Crippen LogP contribution in [0.4, 0.5) is 0 Å². The number of rotatable bonds is 2. The quantitative estimate of drug-likeness (QED) is 0.773. The maximum atomic E-state index is 12.7. The van der Waals surface area contributed by atoms with E-state index in [0.717, 1.165) is 21.4 Å². The average Bonchev–Trinajstić information content (AvgIpc) is 3.08. The summed E-state index contributed by atoms with van der Waals surface area (Å²) in [7, 11) is 1.89. The highest BCUT2D eigenvalue weighted by Gasteiger charge is 2.39. The summed E-state index contributed by atoms with van der Waals surface area (Å²) in [4.78, 5) is 42.0. The van der Waals surface area contributed by atoms with Crippen LogP contribution in [0.15, 0.2) is 29.1 Å². The van der Waals surface area contributed by atoms with Crippen molar-refractivity contribution in [3.05, 3.63) is 40.3 Å². The highest BCUT2D eigenvalue weighted by molar-refractivity contribution is 9.10. The van der Waals surface area contributed by atoms with Gasteiger partial charge in [-0.2, -0.15) is 0 Å². The lowest BCUT2D eigenvalue weighted by atomic mass is 10.0. The van der Waals surface area contributed by atoms with Crippen LogP contribution in [0.25, 0.3) is 11.3 Å². The molecule has 3 heterocycles. The Labute approximate surface area is 152 Å². The van der Waals surface area contributed by atoms with Crippen molar-refractivity contribution in [2.75, 3.05) is 0 Å². The van der Waals surface area contributed by atoms with E-state index in [1.54, 1.807) is 17.3 Å². The zero-order valence-electron chi connectivity index (χ0n) is 13.5. The van der Waals surface area contributed by atoms with Crippen molar-refractivity contribution in [3.8, 4) is 11.3 Å². The maximum Gasteiger partial charge on any atom is 0.255 e. The predicted octanol–water partition coefficient (Wildman–Crippen LogP) is 1.61. The van der Waals surface area contributed by atoms with Gasteiger partial charge in [0, 0.05) is 31.1 Å². The van der Waals surface area contributed by atoms with Gasteiger partial charge in [0.1, 0.15) is 16.3 Å². The van der Waals surface area contributed by atoms with E-state index in [1.807, 2.05) is 23.7 Å². The smallest absolute Gasteiger partial charge is 0.255 e. The van der Waals surface area contributed by atoms with Crippen molar-refractivity contribution in [2.24, 2.45) is 7.05 Å². The number of fused-ring (bicyclic) bond motifs is 1. The number of hydrogen-bond acceptors (Lipinski definition) is 4. The molecule has 7 nitrogen and oxygen atoms in total. The summed E-state index contributed by atoms with van der Waals surface area (Å²) in [6.07, 6.45) is 2.33. The van der Waals surface area contributed by atoms with Crippen LogP contribution in [0.2, 0.25) is 0 Å². The first kappa shape index (κ1) is 16.0. The Morgan fingerprint density at radius 3 is 2.76 bits per heavy atom. The molecule has 1 unspecified atom stereocenters. The maximum absolute atomic E-state index is 12.7. The van der Waals surface area contributed by atoms with Gasteiger partial charge < -0.3 is 9.47 Å². The number of halogens is 1. The number of nitrogens with one attached hydrogen (secondary N) is 1. The lowest BCUT2D eigenvalue weighted by molar-refractivity contribution is -0.136. The summed E-state index contributed by atoms with van der Waals surface area (Å²) in [5.74, 6) is -0.853. The van der Waals surface area contributed by atoms with E-state index in [0.29, 0.717) is 18.5 Å². The summed E-state index contributed by atoms with van der Waals surface area (Å²) in [6, 6.07) is 4.98. The first-order chi connectivity index (χ1) is 12.0. The molecule has 2 aromatic rings. The first-order valence-corrected chi connectivity index (χ1v) is 8.70. The number of hydrogen-bond donors (Lipinski definition) is 1. The zero-order valence-corrected chi connectivity index (χ0v) is 15.0. The van der Waals surface area contributed by atoms with Crippen molar-refractivity contribution < 1.29 is 14.4 Å². The molecule has 0 saturated carbocycles. The number of imidazole rings is 1. The number of aryl methyl sites for hydroxylation is 1. The second-order valence-electron chi connectivity index (χ2n) is 6.27. The van der Waals surface area contributed by atoms with E-state index >= 15 is 0 Å². The van der Waals surface area contributed by atoms with Crippen LogP contribution >= 0.6 is 15.9 Å². The van der Waals surface area contributed by atoms with Crippen LogP contribution in [-0.4, -0.2) is 38.2 Å². The second-order valence-corrected chi connectivity index (χ2v) is 7.02. The summed E-state index contributed by atoms with van der Waals surface area (Å²) in [5.41, 5.74) is 3.17. The molecular weight excluding hydrogens is 388 g/mol. The highest BCUT2D eigenvalue weighted by atomic mass is 79.9. The van der Waals surface area contributed by atoms with Crippen LogP contribution in [0, 0.1) is 0 Å². The number of imide groups is 1. The summed E-state index contributed by atoms with van der Waals surface area (Å²) >= 11 is 3.51. The molecule has 0 aliphatic carbocycles. The van der Waals surface area contributed by atoms with E-state index in [4.69, 9.17) is 0 Å². The van der Waals surface area contributed by atoms with Crippen molar-refractivity contribution in [1.82, 2.24) is 19.8 Å². The predicted molar refractivity (Wildman–Crippen MR) is 92.4 cm³/mol. The topological polar surface area (TPSA) is 84.3 Å². The number of nitrogens with zero attached hydrogens (tertiary/aromatic N) is 3. The average molecular weight is 403 g/mol. The Kier molecular flexibility index (Phi) is 3.72. The fourth-order valence-corrected chi connectivity index (χ4v) is 3.75. The van der Waals surface area contributed by atoms with Crippen molar-refractivity contribution >= 4 is 33.7 Å². The standard InChI is InChI=1S/C17H15BrN4O3/c1-21-8-19-14(15(21)18)9-2-3-11-10(6-9)7-22(17(11)25)12-4-5-13(23)20-16(12)24/h2-3,6,8,12H,4-5,7H2,1H3,(H,20,23,24). The number of piperidine rings is 1. The number of benzene rings is 1. The SMILES string of the molecule is Cn1cnc(-c2ccc3c(c2)CN(C2CCC(=O)NC2=O)C3=O)c1Br. The molecule has 25 heavy (non-hydrogen) atoms. The molecule has 8 heteroatoms. The Bertz CT molecular complexity index is 921. The molecular formula is C17H15BrN4O3. The van der Waals surface area contributed by atoms with Gasteiger partial charge >= 0.3 is 0 Å². The van der Waals surface area contributed by atoms with Gasteiger partial charge in [-0.05, 0) is 40.0 Å². The number of carbonyl (C=O) groups is 3. The van der Waals surface area contributed by atoms with Gasteiger partial charge in [-0.15, -0.1) is 0 Å². The molecule has 0 radical (unpaired) electrons. The van der Waals surface area contributed by atoms with E-state index < -0.39 is 11.9 Å². The molecule has 1 saturated heterocycles. The van der Waals surface area contributed by atoms with Crippen LogP contribution in [0.1, 0.15) is 28.8 Å². The lowest BCUT2D eigenvalue weighted by Gasteiger charge is -2.29. The molecule has 4 rings (SSSR count). The Hall–Kier alpha value is -2.48. The van der Waals surface area contributed by atoms with Gasteiger partial charge in [0.2, 0.25) is 11.8 Å². The summed E-state index contributed by atoms with van der Waals surface area (Å²) in [6.45, 7) is 0.360. The molecule has 1 atom stereocenters. The third kappa shape index (κ3) is 2.57. The van der Waals surface area contributed by atoms with Gasteiger partial charge in [0.25, 0.3) is 5.91 Å². The van der Waals surface area contributed by atoms with Gasteiger partial charge in [-0.3, -0.25) is 19.7 Å². The van der Waals surface area contributed by atoms with Crippen LogP contribution < -0.4 is 5.32 Å². The fraction of sp³-hybridized carbons (Fsp3) is 0.294. The molecule has 0 bridgehead atoms. The third-order valence-corrected chi connectivity index (χ3v) is 5.60. The normalized spacial score (nSPS) is 20.0. The van der Waals surface area contributed by atoms with Gasteiger partial charge in [0.15, 0.2) is 0 Å². The summed E-state index contributed by atoms with van der Waals surface area (Å²) in [5, 5.41) is 2.31. The van der Waals surface area contributed by atoms with Crippen molar-refractivity contribution in [2.45, 2.75) is 25.4 Å². The van der Waals surface area contributed by atoms with Crippen LogP contribution in [-0.2, 0) is 23.2 Å². The number of aromatic nitrogens is 2. The lowest BCUT2D eigenvalue weighted by Crippen LogP contribution is -2.52. The van der Waals surface area contributed by atoms with Crippen LogP contribution in [0.5, 0.6) is 0 Å². The van der Waals surface area contributed by atoms with Gasteiger partial charge in [-0.25, -0.2) is 4.98 Å². The minimum atomic E-state index is -0.595. The first-order valence-electron chi connectivity index (χ1n) is 7.90. The summed E-state index contributed by atoms with van der Waals surface area (Å²) < 4.78 is 2.72. The monoisotopic (exact) mass is 402 g/mol. The van der Waals surface area contributed by atoms with Crippen molar-refractivity contribution in [3.63, 3.8) is 0 Å². The largest absolute Gasteiger partial charge is 0.328 e. The Morgan fingerprint density at radius 1 is 1.28 bits per heavy atom. The fourth-order valence-electron chi connectivity index (χ4n) is 3.33.